The molecule has 0 amide bonds. The van der Waals surface area contributed by atoms with Crippen molar-refractivity contribution in [3.63, 3.8) is 0 Å². The van der Waals surface area contributed by atoms with Crippen molar-refractivity contribution in [2.45, 2.75) is 84.2 Å². The molecular formula is C27H38O. The summed E-state index contributed by atoms with van der Waals surface area (Å²) in [7, 11) is 0. The minimum Gasteiger partial charge on any atom is -0.373 e. The highest BCUT2D eigenvalue weighted by molar-refractivity contribution is 5.64. The molecule has 2 atom stereocenters. The van der Waals surface area contributed by atoms with Crippen molar-refractivity contribution in [1.82, 2.24) is 0 Å². The maximum Gasteiger partial charge on any atom is 0.0825 e. The van der Waals surface area contributed by atoms with E-state index < -0.39 is 0 Å². The molecule has 1 nitrogen and oxygen atoms in total. The van der Waals surface area contributed by atoms with Gasteiger partial charge in [-0.05, 0) is 53.9 Å². The van der Waals surface area contributed by atoms with E-state index in [0.29, 0.717) is 0 Å². The van der Waals surface area contributed by atoms with Crippen molar-refractivity contribution in [2.75, 3.05) is 6.61 Å². The molecule has 1 aliphatic heterocycles. The molecule has 0 spiro atoms. The van der Waals surface area contributed by atoms with Gasteiger partial charge in [-0.1, -0.05) is 101 Å². The van der Waals surface area contributed by atoms with E-state index in [2.05, 4.69) is 62.4 Å². The zero-order chi connectivity index (χ0) is 19.6. The van der Waals surface area contributed by atoms with Gasteiger partial charge in [-0.15, -0.1) is 0 Å². The summed E-state index contributed by atoms with van der Waals surface area (Å²) in [6.45, 7) is 5.46. The molecule has 2 unspecified atom stereocenters. The maximum atomic E-state index is 6.24. The Hall–Kier alpha value is -1.60. The molecule has 1 heteroatoms. The van der Waals surface area contributed by atoms with Gasteiger partial charge in [0.1, 0.15) is 0 Å². The number of hydrogen-bond acceptors (Lipinski definition) is 1. The van der Waals surface area contributed by atoms with E-state index in [1.165, 1.54) is 80.0 Å². The minimum atomic E-state index is 0.289. The van der Waals surface area contributed by atoms with E-state index in [1.807, 2.05) is 0 Å². The van der Waals surface area contributed by atoms with E-state index in [9.17, 15) is 0 Å². The molecule has 0 radical (unpaired) electrons. The van der Waals surface area contributed by atoms with Crippen LogP contribution in [0.15, 0.2) is 48.5 Å². The fraction of sp³-hybridized carbons (Fsp3) is 0.556. The third-order valence-corrected chi connectivity index (χ3v) is 6.19. The molecule has 2 aromatic carbocycles. The van der Waals surface area contributed by atoms with Crippen LogP contribution >= 0.6 is 0 Å². The quantitative estimate of drug-likeness (QED) is 0.379. The summed E-state index contributed by atoms with van der Waals surface area (Å²) in [5.41, 5.74) is 5.37. The third kappa shape index (κ3) is 6.21. The zero-order valence-electron chi connectivity index (χ0n) is 18.0. The molecule has 0 aliphatic carbocycles. The Morgan fingerprint density at radius 2 is 1.43 bits per heavy atom. The van der Waals surface area contributed by atoms with Crippen molar-refractivity contribution in [2.24, 2.45) is 5.92 Å². The van der Waals surface area contributed by atoms with Gasteiger partial charge < -0.3 is 4.74 Å². The smallest absolute Gasteiger partial charge is 0.0825 e. The number of aryl methyl sites for hydroxylation is 1. The number of ether oxygens (including phenoxy) is 1. The van der Waals surface area contributed by atoms with E-state index >= 15 is 0 Å². The fourth-order valence-electron chi connectivity index (χ4n) is 4.38. The molecule has 1 fully saturated rings. The lowest BCUT2D eigenvalue weighted by atomic mass is 9.90. The lowest BCUT2D eigenvalue weighted by molar-refractivity contribution is -0.0198. The average molecular weight is 379 g/mol. The van der Waals surface area contributed by atoms with Crippen LogP contribution in [0.4, 0.5) is 0 Å². The third-order valence-electron chi connectivity index (χ3n) is 6.19. The van der Waals surface area contributed by atoms with Crippen LogP contribution in [0.2, 0.25) is 0 Å². The first-order chi connectivity index (χ1) is 13.8. The largest absolute Gasteiger partial charge is 0.373 e. The fourth-order valence-corrected chi connectivity index (χ4v) is 4.38. The van der Waals surface area contributed by atoms with Gasteiger partial charge in [0.2, 0.25) is 0 Å². The van der Waals surface area contributed by atoms with Gasteiger partial charge in [0.25, 0.3) is 0 Å². The predicted molar refractivity (Wildman–Crippen MR) is 121 cm³/mol. The van der Waals surface area contributed by atoms with Gasteiger partial charge in [-0.25, -0.2) is 0 Å². The van der Waals surface area contributed by atoms with Crippen molar-refractivity contribution in [1.29, 1.82) is 0 Å². The summed E-state index contributed by atoms with van der Waals surface area (Å²) in [4.78, 5) is 0. The predicted octanol–water partition coefficient (Wildman–Crippen LogP) is 8.13. The van der Waals surface area contributed by atoms with Gasteiger partial charge in [0.15, 0.2) is 0 Å². The second-order valence-electron chi connectivity index (χ2n) is 8.54. The van der Waals surface area contributed by atoms with E-state index in [0.717, 1.165) is 18.9 Å². The second kappa shape index (κ2) is 11.4. The number of benzene rings is 2. The van der Waals surface area contributed by atoms with Crippen LogP contribution in [-0.2, 0) is 11.2 Å². The van der Waals surface area contributed by atoms with Crippen LogP contribution < -0.4 is 0 Å². The Morgan fingerprint density at radius 1 is 0.750 bits per heavy atom. The first-order valence-corrected chi connectivity index (χ1v) is 11.6. The standard InChI is InChI=1S/C27H38O/c1-3-5-6-7-8-10-23-13-20-27(28-21-23)26-18-16-25(17-19-26)24-14-11-22(9-4-2)12-15-24/h11-12,14-19,23,27H,3-10,13,20-21H2,1-2H3. The number of rotatable bonds is 10. The molecule has 0 bridgehead atoms. The molecule has 2 aromatic rings. The lowest BCUT2D eigenvalue weighted by Crippen LogP contribution is -2.20. The molecular weight excluding hydrogens is 340 g/mol. The highest BCUT2D eigenvalue weighted by Crippen LogP contribution is 2.33. The average Bonchev–Trinajstić information content (AvgIpc) is 2.75. The Kier molecular flexibility index (Phi) is 8.61. The Morgan fingerprint density at radius 3 is 2.04 bits per heavy atom. The Labute approximate surface area is 172 Å². The van der Waals surface area contributed by atoms with Gasteiger partial charge in [-0.2, -0.15) is 0 Å². The highest BCUT2D eigenvalue weighted by Gasteiger charge is 2.22. The molecule has 0 saturated carbocycles. The molecule has 28 heavy (non-hydrogen) atoms. The van der Waals surface area contributed by atoms with Crippen LogP contribution in [0.5, 0.6) is 0 Å². The molecule has 1 heterocycles. The van der Waals surface area contributed by atoms with Crippen molar-refractivity contribution in [3.8, 4) is 11.1 Å². The van der Waals surface area contributed by atoms with E-state index in [1.54, 1.807) is 0 Å². The van der Waals surface area contributed by atoms with Crippen LogP contribution in [0, 0.1) is 5.92 Å². The number of unbranched alkanes of at least 4 members (excludes halogenated alkanes) is 4. The maximum absolute atomic E-state index is 6.24. The van der Waals surface area contributed by atoms with Crippen molar-refractivity contribution >= 4 is 0 Å². The molecule has 0 aromatic heterocycles. The van der Waals surface area contributed by atoms with Crippen LogP contribution in [0.3, 0.4) is 0 Å². The zero-order valence-corrected chi connectivity index (χ0v) is 18.0. The van der Waals surface area contributed by atoms with Gasteiger partial charge in [0.05, 0.1) is 12.7 Å². The summed E-state index contributed by atoms with van der Waals surface area (Å²) in [6, 6.07) is 18.1. The summed E-state index contributed by atoms with van der Waals surface area (Å²) in [6.07, 6.45) is 13.4. The first kappa shape index (κ1) is 21.1. The van der Waals surface area contributed by atoms with Gasteiger partial charge >= 0.3 is 0 Å². The summed E-state index contributed by atoms with van der Waals surface area (Å²) in [5, 5.41) is 0. The summed E-state index contributed by atoms with van der Waals surface area (Å²) in [5.74, 6) is 0.777. The molecule has 1 saturated heterocycles. The van der Waals surface area contributed by atoms with Crippen molar-refractivity contribution in [3.05, 3.63) is 59.7 Å². The SMILES string of the molecule is CCCCCCCC1CCC(c2ccc(-c3ccc(CCC)cc3)cc2)OC1. The van der Waals surface area contributed by atoms with Crippen LogP contribution in [0.1, 0.15) is 88.9 Å². The molecule has 1 aliphatic rings. The van der Waals surface area contributed by atoms with E-state index in [4.69, 9.17) is 4.74 Å². The number of hydrogen-bond donors (Lipinski definition) is 0. The monoisotopic (exact) mass is 378 g/mol. The Balaban J connectivity index is 1.46. The lowest BCUT2D eigenvalue weighted by Gasteiger charge is -2.29. The van der Waals surface area contributed by atoms with Gasteiger partial charge in [0, 0.05) is 0 Å². The molecule has 0 N–H and O–H groups in total. The summed E-state index contributed by atoms with van der Waals surface area (Å²) < 4.78 is 6.24. The van der Waals surface area contributed by atoms with Gasteiger partial charge in [-0.3, -0.25) is 0 Å². The topological polar surface area (TPSA) is 9.23 Å². The van der Waals surface area contributed by atoms with E-state index in [-0.39, 0.29) is 6.10 Å². The summed E-state index contributed by atoms with van der Waals surface area (Å²) >= 11 is 0. The van der Waals surface area contributed by atoms with Crippen LogP contribution in [-0.4, -0.2) is 6.61 Å². The van der Waals surface area contributed by atoms with Crippen LogP contribution in [0.25, 0.3) is 11.1 Å². The Bertz CT molecular complexity index is 662. The molecule has 152 valence electrons. The minimum absolute atomic E-state index is 0.289. The highest BCUT2D eigenvalue weighted by atomic mass is 16.5. The second-order valence-corrected chi connectivity index (χ2v) is 8.54. The normalized spacial score (nSPS) is 19.6. The molecule has 3 rings (SSSR count). The van der Waals surface area contributed by atoms with Crippen molar-refractivity contribution < 1.29 is 4.74 Å². The first-order valence-electron chi connectivity index (χ1n) is 11.6.